The average molecular weight is 284 g/mol. The van der Waals surface area contributed by atoms with E-state index < -0.39 is 0 Å². The molecule has 0 fully saturated rings. The van der Waals surface area contributed by atoms with Crippen LogP contribution in [0.5, 0.6) is 5.75 Å². The van der Waals surface area contributed by atoms with Crippen molar-refractivity contribution in [2.24, 2.45) is 0 Å². The van der Waals surface area contributed by atoms with Crippen LogP contribution in [0.1, 0.15) is 28.7 Å². The van der Waals surface area contributed by atoms with E-state index in [9.17, 15) is 5.11 Å². The fourth-order valence-corrected chi connectivity index (χ4v) is 2.53. The lowest BCUT2D eigenvalue weighted by Gasteiger charge is -2.15. The summed E-state index contributed by atoms with van der Waals surface area (Å²) in [4.78, 5) is 0. The van der Waals surface area contributed by atoms with Crippen molar-refractivity contribution in [2.45, 2.75) is 39.7 Å². The summed E-state index contributed by atoms with van der Waals surface area (Å²) in [6.07, 6.45) is 0.965. The maximum absolute atomic E-state index is 10.2. The van der Waals surface area contributed by atoms with Crippen LogP contribution in [0.25, 0.3) is 0 Å². The molecular formula is C19H24O2. The second-order valence-electron chi connectivity index (χ2n) is 5.68. The summed E-state index contributed by atoms with van der Waals surface area (Å²) in [6, 6.07) is 14.2. The first-order valence-electron chi connectivity index (χ1n) is 7.49. The Balaban J connectivity index is 1.84. The summed E-state index contributed by atoms with van der Waals surface area (Å²) < 4.78 is 5.70. The van der Waals surface area contributed by atoms with Crippen LogP contribution >= 0.6 is 0 Å². The number of aliphatic hydroxyl groups is 1. The van der Waals surface area contributed by atoms with Crippen molar-refractivity contribution in [3.05, 3.63) is 64.7 Å². The van der Waals surface area contributed by atoms with Gasteiger partial charge in [-0.3, -0.25) is 0 Å². The lowest BCUT2D eigenvalue weighted by Crippen LogP contribution is -2.16. The van der Waals surface area contributed by atoms with Crippen LogP contribution in [-0.4, -0.2) is 17.8 Å². The summed E-state index contributed by atoms with van der Waals surface area (Å²) in [5, 5.41) is 10.2. The quantitative estimate of drug-likeness (QED) is 0.869. The van der Waals surface area contributed by atoms with E-state index in [4.69, 9.17) is 4.74 Å². The van der Waals surface area contributed by atoms with Crippen molar-refractivity contribution in [3.8, 4) is 5.75 Å². The molecule has 0 saturated carbocycles. The number of ether oxygens (including phenoxy) is 1. The molecule has 21 heavy (non-hydrogen) atoms. The number of hydrogen-bond donors (Lipinski definition) is 1. The van der Waals surface area contributed by atoms with Gasteiger partial charge >= 0.3 is 0 Å². The first-order chi connectivity index (χ1) is 10.1. The normalized spacial score (nSPS) is 12.2. The fraction of sp³-hybridized carbons (Fsp3) is 0.368. The summed E-state index contributed by atoms with van der Waals surface area (Å²) in [6.45, 7) is 6.77. The Morgan fingerprint density at radius 2 is 1.67 bits per heavy atom. The molecule has 0 aromatic heterocycles. The molecule has 0 aliphatic rings. The van der Waals surface area contributed by atoms with E-state index in [1.807, 2.05) is 31.2 Å². The minimum atomic E-state index is -0.366. The predicted octanol–water partition coefficient (Wildman–Crippen LogP) is 3.98. The van der Waals surface area contributed by atoms with Gasteiger partial charge in [-0.25, -0.2) is 0 Å². The van der Waals surface area contributed by atoms with Crippen LogP contribution < -0.4 is 4.74 Å². The van der Waals surface area contributed by atoms with Gasteiger partial charge in [0.1, 0.15) is 5.75 Å². The first kappa shape index (κ1) is 15.6. The molecular weight excluding hydrogens is 260 g/mol. The third-order valence-electron chi connectivity index (χ3n) is 3.79. The summed E-state index contributed by atoms with van der Waals surface area (Å²) in [7, 11) is 0. The molecule has 1 N–H and O–H groups in total. The largest absolute Gasteiger partial charge is 0.493 e. The highest BCUT2D eigenvalue weighted by molar-refractivity contribution is 5.34. The molecule has 2 rings (SSSR count). The summed E-state index contributed by atoms with van der Waals surface area (Å²) in [5.41, 5.74) is 4.92. The van der Waals surface area contributed by atoms with Gasteiger partial charge in [-0.2, -0.15) is 0 Å². The van der Waals surface area contributed by atoms with Crippen LogP contribution in [-0.2, 0) is 6.42 Å². The van der Waals surface area contributed by atoms with Gasteiger partial charge in [0.15, 0.2) is 0 Å². The molecule has 2 nitrogen and oxygen atoms in total. The standard InChI is InChI=1S/C19H24O2/c1-14-6-4-9-18(12-14)21-11-10-17(20)13-19-15(2)7-5-8-16(19)3/h4-9,12,17,20H,10-11,13H2,1-3H3. The highest BCUT2D eigenvalue weighted by atomic mass is 16.5. The molecule has 0 aliphatic carbocycles. The van der Waals surface area contributed by atoms with E-state index in [2.05, 4.69) is 32.0 Å². The van der Waals surface area contributed by atoms with E-state index in [1.54, 1.807) is 0 Å². The van der Waals surface area contributed by atoms with Crippen LogP contribution in [0.3, 0.4) is 0 Å². The molecule has 1 unspecified atom stereocenters. The Morgan fingerprint density at radius 3 is 2.33 bits per heavy atom. The van der Waals surface area contributed by atoms with Crippen LogP contribution in [0.4, 0.5) is 0 Å². The van der Waals surface area contributed by atoms with Gasteiger partial charge in [-0.15, -0.1) is 0 Å². The highest BCUT2D eigenvalue weighted by Crippen LogP contribution is 2.17. The molecule has 0 amide bonds. The topological polar surface area (TPSA) is 29.5 Å². The molecule has 0 heterocycles. The van der Waals surface area contributed by atoms with E-state index >= 15 is 0 Å². The first-order valence-corrected chi connectivity index (χ1v) is 7.49. The molecule has 1 atom stereocenters. The van der Waals surface area contributed by atoms with Crippen molar-refractivity contribution in [2.75, 3.05) is 6.61 Å². The van der Waals surface area contributed by atoms with Gasteiger partial charge in [0.2, 0.25) is 0 Å². The Hall–Kier alpha value is -1.80. The summed E-state index contributed by atoms with van der Waals surface area (Å²) in [5.74, 6) is 0.870. The van der Waals surface area contributed by atoms with Gasteiger partial charge in [-0.1, -0.05) is 30.3 Å². The zero-order valence-corrected chi connectivity index (χ0v) is 13.1. The van der Waals surface area contributed by atoms with Crippen molar-refractivity contribution < 1.29 is 9.84 Å². The maximum Gasteiger partial charge on any atom is 0.119 e. The second-order valence-corrected chi connectivity index (χ2v) is 5.68. The Bertz CT molecular complexity index is 570. The van der Waals surface area contributed by atoms with E-state index in [1.165, 1.54) is 22.3 Å². The van der Waals surface area contributed by atoms with Gasteiger partial charge in [0.05, 0.1) is 12.7 Å². The molecule has 0 saturated heterocycles. The minimum Gasteiger partial charge on any atom is -0.493 e. The number of benzene rings is 2. The third-order valence-corrected chi connectivity index (χ3v) is 3.79. The maximum atomic E-state index is 10.2. The molecule has 0 bridgehead atoms. The Labute approximate surface area is 127 Å². The Morgan fingerprint density at radius 1 is 1.00 bits per heavy atom. The predicted molar refractivity (Wildman–Crippen MR) is 86.9 cm³/mol. The monoisotopic (exact) mass is 284 g/mol. The minimum absolute atomic E-state index is 0.366. The zero-order valence-electron chi connectivity index (χ0n) is 13.1. The molecule has 112 valence electrons. The smallest absolute Gasteiger partial charge is 0.119 e. The van der Waals surface area contributed by atoms with Gasteiger partial charge < -0.3 is 9.84 Å². The molecule has 2 aromatic carbocycles. The number of aryl methyl sites for hydroxylation is 3. The van der Waals surface area contributed by atoms with Crippen molar-refractivity contribution in [1.29, 1.82) is 0 Å². The molecule has 0 spiro atoms. The number of rotatable bonds is 6. The van der Waals surface area contributed by atoms with E-state index in [0.29, 0.717) is 19.4 Å². The average Bonchev–Trinajstić information content (AvgIpc) is 2.43. The lowest BCUT2D eigenvalue weighted by molar-refractivity contribution is 0.139. The van der Waals surface area contributed by atoms with E-state index in [-0.39, 0.29) is 6.10 Å². The SMILES string of the molecule is Cc1cccc(OCCC(O)Cc2c(C)cccc2C)c1. The van der Waals surface area contributed by atoms with Gasteiger partial charge in [0.25, 0.3) is 0 Å². The van der Waals surface area contributed by atoms with Crippen LogP contribution in [0.2, 0.25) is 0 Å². The molecule has 2 heteroatoms. The number of aliphatic hydroxyl groups excluding tert-OH is 1. The van der Waals surface area contributed by atoms with E-state index in [0.717, 1.165) is 5.75 Å². The second kappa shape index (κ2) is 7.28. The van der Waals surface area contributed by atoms with Gasteiger partial charge in [-0.05, 0) is 61.6 Å². The van der Waals surface area contributed by atoms with Crippen molar-refractivity contribution >= 4 is 0 Å². The van der Waals surface area contributed by atoms with Crippen molar-refractivity contribution in [3.63, 3.8) is 0 Å². The molecule has 2 aromatic rings. The van der Waals surface area contributed by atoms with Crippen LogP contribution in [0.15, 0.2) is 42.5 Å². The third kappa shape index (κ3) is 4.61. The molecule has 0 radical (unpaired) electrons. The fourth-order valence-electron chi connectivity index (χ4n) is 2.53. The summed E-state index contributed by atoms with van der Waals surface area (Å²) >= 11 is 0. The lowest BCUT2D eigenvalue weighted by atomic mass is 9.96. The Kier molecular flexibility index (Phi) is 5.40. The zero-order chi connectivity index (χ0) is 15.2. The van der Waals surface area contributed by atoms with Gasteiger partial charge in [0, 0.05) is 6.42 Å². The van der Waals surface area contributed by atoms with Crippen molar-refractivity contribution in [1.82, 2.24) is 0 Å². The van der Waals surface area contributed by atoms with Crippen LogP contribution in [0, 0.1) is 20.8 Å². The number of hydrogen-bond acceptors (Lipinski definition) is 2. The molecule has 0 aliphatic heterocycles. The highest BCUT2D eigenvalue weighted by Gasteiger charge is 2.10.